The van der Waals surface area contributed by atoms with Gasteiger partial charge in [0.05, 0.1) is 18.5 Å². The number of carbonyl (C=O) groups is 1. The summed E-state index contributed by atoms with van der Waals surface area (Å²) < 4.78 is 31.5. The zero-order chi connectivity index (χ0) is 21.6. The van der Waals surface area contributed by atoms with Gasteiger partial charge in [-0.2, -0.15) is 0 Å². The third kappa shape index (κ3) is 6.78. The molecule has 0 aliphatic carbocycles. The average molecular weight is 419 g/mol. The molecule has 2 aromatic carbocycles. The Morgan fingerprint density at radius 1 is 1.10 bits per heavy atom. The third-order valence-corrected chi connectivity index (χ3v) is 5.53. The maximum absolute atomic E-state index is 12.4. The molecule has 2 rings (SSSR count). The van der Waals surface area contributed by atoms with Crippen molar-refractivity contribution >= 4 is 21.6 Å². The summed E-state index contributed by atoms with van der Waals surface area (Å²) in [6, 6.07) is 13.2. The summed E-state index contributed by atoms with van der Waals surface area (Å²) in [5.41, 5.74) is 3.63. The second-order valence-electron chi connectivity index (χ2n) is 7.50. The average Bonchev–Trinajstić information content (AvgIpc) is 2.61. The number of hydrogen-bond donors (Lipinski definition) is 1. The molecule has 0 fully saturated rings. The molecular weight excluding hydrogens is 388 g/mol. The molecule has 1 N–H and O–H groups in total. The van der Waals surface area contributed by atoms with Crippen molar-refractivity contribution in [2.45, 2.75) is 33.6 Å². The van der Waals surface area contributed by atoms with Crippen LogP contribution in [-0.2, 0) is 14.8 Å². The number of amides is 1. The number of sulfonamides is 1. The van der Waals surface area contributed by atoms with E-state index in [0.29, 0.717) is 12.3 Å². The van der Waals surface area contributed by atoms with E-state index in [1.54, 1.807) is 12.1 Å². The Balaban J connectivity index is 1.99. The van der Waals surface area contributed by atoms with Crippen molar-refractivity contribution in [2.24, 2.45) is 0 Å². The molecule has 1 amide bonds. The predicted octanol–water partition coefficient (Wildman–Crippen LogP) is 3.39. The summed E-state index contributed by atoms with van der Waals surface area (Å²) in [7, 11) is -3.61. The van der Waals surface area contributed by atoms with Crippen LogP contribution in [0.5, 0.6) is 5.75 Å². The molecule has 29 heavy (non-hydrogen) atoms. The lowest BCUT2D eigenvalue weighted by atomic mass is 10.0. The summed E-state index contributed by atoms with van der Waals surface area (Å²) in [6.07, 6.45) is 1.11. The summed E-state index contributed by atoms with van der Waals surface area (Å²) in [4.78, 5) is 12.4. The lowest BCUT2D eigenvalue weighted by molar-refractivity contribution is -0.119. The van der Waals surface area contributed by atoms with Gasteiger partial charge in [0.25, 0.3) is 0 Å². The maximum Gasteiger partial charge on any atom is 0.240 e. The molecule has 0 saturated heterocycles. The Morgan fingerprint density at radius 2 is 1.72 bits per heavy atom. The van der Waals surface area contributed by atoms with Gasteiger partial charge in [-0.1, -0.05) is 38.1 Å². The summed E-state index contributed by atoms with van der Waals surface area (Å²) in [5.74, 6) is 0.503. The zero-order valence-corrected chi connectivity index (χ0v) is 18.5. The van der Waals surface area contributed by atoms with Crippen LogP contribution in [0.1, 0.15) is 36.5 Å². The number of nitrogens with one attached hydrogen (secondary N) is 1. The van der Waals surface area contributed by atoms with E-state index < -0.39 is 10.0 Å². The van der Waals surface area contributed by atoms with Crippen LogP contribution >= 0.6 is 0 Å². The zero-order valence-electron chi connectivity index (χ0n) is 17.7. The summed E-state index contributed by atoms with van der Waals surface area (Å²) >= 11 is 0. The fourth-order valence-corrected chi connectivity index (χ4v) is 4.02. The fraction of sp³-hybridized carbons (Fsp3) is 0.409. The standard InChI is InChI=1S/C22H30N2O4S/c1-16(2)20-8-6-7-9-21(20)24(29(5,26)27)15-22(25)23-10-11-28-19-13-17(3)12-18(4)14-19/h6-9,12-14,16H,10-11,15H2,1-5H3,(H,23,25). The Kier molecular flexibility index (Phi) is 7.67. The minimum absolute atomic E-state index is 0.129. The fourth-order valence-electron chi connectivity index (χ4n) is 3.15. The Labute approximate surface area is 173 Å². The van der Waals surface area contributed by atoms with Gasteiger partial charge in [0.2, 0.25) is 15.9 Å². The lowest BCUT2D eigenvalue weighted by Crippen LogP contribution is -2.41. The molecule has 0 atom stereocenters. The highest BCUT2D eigenvalue weighted by Crippen LogP contribution is 2.28. The third-order valence-electron chi connectivity index (χ3n) is 4.40. The lowest BCUT2D eigenvalue weighted by Gasteiger charge is -2.25. The van der Waals surface area contributed by atoms with Gasteiger partial charge < -0.3 is 10.1 Å². The Morgan fingerprint density at radius 3 is 2.31 bits per heavy atom. The molecule has 0 aliphatic rings. The number of para-hydroxylation sites is 1. The number of anilines is 1. The summed E-state index contributed by atoms with van der Waals surface area (Å²) in [5, 5.41) is 2.73. The molecule has 0 heterocycles. The molecule has 0 saturated carbocycles. The van der Waals surface area contributed by atoms with Crippen molar-refractivity contribution in [3.05, 3.63) is 59.2 Å². The van der Waals surface area contributed by atoms with E-state index >= 15 is 0 Å². The number of nitrogens with zero attached hydrogens (tertiary/aromatic N) is 1. The van der Waals surface area contributed by atoms with Gasteiger partial charge in [-0.3, -0.25) is 9.10 Å². The quantitative estimate of drug-likeness (QED) is 0.634. The molecule has 7 heteroatoms. The Bertz CT molecular complexity index is 935. The van der Waals surface area contributed by atoms with Crippen LogP contribution in [0.25, 0.3) is 0 Å². The molecule has 0 aromatic heterocycles. The van der Waals surface area contributed by atoms with Gasteiger partial charge in [0.15, 0.2) is 0 Å². The first-order valence-corrected chi connectivity index (χ1v) is 11.5. The molecule has 0 spiro atoms. The van der Waals surface area contributed by atoms with E-state index in [1.807, 2.05) is 52.0 Å². The van der Waals surface area contributed by atoms with Gasteiger partial charge >= 0.3 is 0 Å². The molecule has 0 radical (unpaired) electrons. The van der Waals surface area contributed by atoms with Gasteiger partial charge in [0, 0.05) is 0 Å². The SMILES string of the molecule is Cc1cc(C)cc(OCCNC(=O)CN(c2ccccc2C(C)C)S(C)(=O)=O)c1. The van der Waals surface area contributed by atoms with E-state index in [2.05, 4.69) is 11.4 Å². The first-order chi connectivity index (χ1) is 13.6. The van der Waals surface area contributed by atoms with Crippen molar-refractivity contribution in [2.75, 3.05) is 30.3 Å². The summed E-state index contributed by atoms with van der Waals surface area (Å²) in [6.45, 7) is 8.29. The largest absolute Gasteiger partial charge is 0.492 e. The van der Waals surface area contributed by atoms with Crippen molar-refractivity contribution in [1.82, 2.24) is 5.32 Å². The van der Waals surface area contributed by atoms with Crippen LogP contribution in [0.2, 0.25) is 0 Å². The first-order valence-electron chi connectivity index (χ1n) is 9.62. The molecule has 0 aliphatic heterocycles. The number of carbonyl (C=O) groups excluding carboxylic acids is 1. The van der Waals surface area contributed by atoms with E-state index in [1.165, 1.54) is 0 Å². The van der Waals surface area contributed by atoms with E-state index in [-0.39, 0.29) is 24.9 Å². The number of ether oxygens (including phenoxy) is 1. The Hall–Kier alpha value is -2.54. The van der Waals surface area contributed by atoms with Crippen LogP contribution in [0.3, 0.4) is 0 Å². The topological polar surface area (TPSA) is 75.7 Å². The predicted molar refractivity (Wildman–Crippen MR) is 117 cm³/mol. The van der Waals surface area contributed by atoms with Crippen LogP contribution in [0.4, 0.5) is 5.69 Å². The maximum atomic E-state index is 12.4. The molecule has 158 valence electrons. The monoisotopic (exact) mass is 418 g/mol. The van der Waals surface area contributed by atoms with Gasteiger partial charge in [0.1, 0.15) is 18.9 Å². The molecular formula is C22H30N2O4S. The molecule has 2 aromatic rings. The van der Waals surface area contributed by atoms with Gasteiger partial charge in [-0.25, -0.2) is 8.42 Å². The van der Waals surface area contributed by atoms with E-state index in [9.17, 15) is 13.2 Å². The number of aryl methyl sites for hydroxylation is 2. The van der Waals surface area contributed by atoms with Crippen molar-refractivity contribution in [3.63, 3.8) is 0 Å². The number of benzene rings is 2. The highest BCUT2D eigenvalue weighted by atomic mass is 32.2. The second kappa shape index (κ2) is 9.78. The highest BCUT2D eigenvalue weighted by Gasteiger charge is 2.23. The molecule has 0 bridgehead atoms. The van der Waals surface area contributed by atoms with Crippen molar-refractivity contribution < 1.29 is 17.9 Å². The van der Waals surface area contributed by atoms with Crippen LogP contribution < -0.4 is 14.4 Å². The van der Waals surface area contributed by atoms with Crippen LogP contribution in [-0.4, -0.2) is 40.3 Å². The molecule has 6 nitrogen and oxygen atoms in total. The van der Waals surface area contributed by atoms with E-state index in [4.69, 9.17) is 4.74 Å². The minimum Gasteiger partial charge on any atom is -0.492 e. The second-order valence-corrected chi connectivity index (χ2v) is 9.41. The van der Waals surface area contributed by atoms with Crippen molar-refractivity contribution in [1.29, 1.82) is 0 Å². The minimum atomic E-state index is -3.61. The van der Waals surface area contributed by atoms with Crippen LogP contribution in [0.15, 0.2) is 42.5 Å². The number of hydrogen-bond acceptors (Lipinski definition) is 4. The van der Waals surface area contributed by atoms with E-state index in [0.717, 1.165) is 33.0 Å². The van der Waals surface area contributed by atoms with Gasteiger partial charge in [-0.15, -0.1) is 0 Å². The highest BCUT2D eigenvalue weighted by molar-refractivity contribution is 7.92. The van der Waals surface area contributed by atoms with Gasteiger partial charge in [-0.05, 0) is 54.7 Å². The van der Waals surface area contributed by atoms with Crippen LogP contribution in [0, 0.1) is 13.8 Å². The van der Waals surface area contributed by atoms with Crippen molar-refractivity contribution in [3.8, 4) is 5.75 Å². The number of rotatable bonds is 9. The first kappa shape index (κ1) is 22.7. The normalized spacial score (nSPS) is 11.4. The smallest absolute Gasteiger partial charge is 0.240 e. The molecule has 0 unspecified atom stereocenters.